The summed E-state index contributed by atoms with van der Waals surface area (Å²) in [6.45, 7) is 4.66. The van der Waals surface area contributed by atoms with Crippen molar-refractivity contribution in [2.24, 2.45) is 5.41 Å². The van der Waals surface area contributed by atoms with Gasteiger partial charge in [0.2, 0.25) is 0 Å². The Morgan fingerprint density at radius 3 is 1.41 bits per heavy atom. The highest BCUT2D eigenvalue weighted by Gasteiger charge is 2.54. The molecule has 2 rings (SSSR count). The first-order valence-electron chi connectivity index (χ1n) is 12.9. The molecule has 0 aliphatic rings. The lowest BCUT2D eigenvalue weighted by atomic mass is 9.66. The van der Waals surface area contributed by atoms with E-state index < -0.39 is 54.1 Å². The van der Waals surface area contributed by atoms with Crippen LogP contribution in [0.1, 0.15) is 71.9 Å². The summed E-state index contributed by atoms with van der Waals surface area (Å²) in [7, 11) is 0. The van der Waals surface area contributed by atoms with Gasteiger partial charge in [-0.3, -0.25) is 9.59 Å². The van der Waals surface area contributed by atoms with Crippen LogP contribution in [0.25, 0.3) is 0 Å². The Bertz CT molecular complexity index is 940. The van der Waals surface area contributed by atoms with Gasteiger partial charge in [-0.1, -0.05) is 82.1 Å². The summed E-state index contributed by atoms with van der Waals surface area (Å²) >= 11 is 0. The standard InChI is InChI=1S/C29H40O8/c1-4-7-18-9-13-20(14-10-18)26(35)29(6-3,27(36)21-15-11-19(8-5-2)12-16-21)28(37)25(34)24(33)23(32)22(31)17-30/h9-16,22-25,28,30-34,37H,4-8,17H2,1-3H3/t22-,23+,24-,25-,28?/m0/s1. The minimum Gasteiger partial charge on any atom is -0.394 e. The zero-order valence-corrected chi connectivity index (χ0v) is 21.7. The Hall–Kier alpha value is -2.46. The molecule has 5 atom stereocenters. The van der Waals surface area contributed by atoms with Gasteiger partial charge in [0, 0.05) is 11.1 Å². The maximum atomic E-state index is 14.0. The quantitative estimate of drug-likeness (QED) is 0.155. The van der Waals surface area contributed by atoms with Gasteiger partial charge in [0.25, 0.3) is 0 Å². The molecule has 0 aromatic heterocycles. The summed E-state index contributed by atoms with van der Waals surface area (Å²) in [5.74, 6) is -1.48. The van der Waals surface area contributed by atoms with Crippen molar-refractivity contribution in [3.8, 4) is 0 Å². The van der Waals surface area contributed by atoms with Crippen LogP contribution in [-0.4, -0.2) is 79.3 Å². The average Bonchev–Trinajstić information content (AvgIpc) is 2.92. The molecular weight excluding hydrogens is 476 g/mol. The fourth-order valence-corrected chi connectivity index (χ4v) is 4.66. The molecule has 0 aliphatic carbocycles. The van der Waals surface area contributed by atoms with E-state index in [-0.39, 0.29) is 17.5 Å². The van der Waals surface area contributed by atoms with E-state index in [0.717, 1.165) is 36.8 Å². The van der Waals surface area contributed by atoms with E-state index >= 15 is 0 Å². The fourth-order valence-electron chi connectivity index (χ4n) is 4.66. The molecule has 8 heteroatoms. The molecule has 6 N–H and O–H groups in total. The normalized spacial score (nSPS) is 16.0. The number of aliphatic hydroxyl groups is 6. The predicted octanol–water partition coefficient (Wildman–Crippen LogP) is 1.85. The number of Topliss-reactive ketones (excluding diaryl/α,β-unsaturated/α-hetero) is 2. The molecule has 0 fully saturated rings. The molecule has 8 nitrogen and oxygen atoms in total. The molecule has 0 saturated carbocycles. The third-order valence-electron chi connectivity index (χ3n) is 6.99. The first kappa shape index (κ1) is 30.8. The molecule has 0 radical (unpaired) electrons. The highest BCUT2D eigenvalue weighted by molar-refractivity contribution is 6.20. The second-order valence-electron chi connectivity index (χ2n) is 9.54. The van der Waals surface area contributed by atoms with Crippen LogP contribution in [0, 0.1) is 5.41 Å². The summed E-state index contributed by atoms with van der Waals surface area (Å²) in [4.78, 5) is 27.9. The van der Waals surface area contributed by atoms with Gasteiger partial charge in [0.05, 0.1) is 6.61 Å². The van der Waals surface area contributed by atoms with Crippen LogP contribution in [0.5, 0.6) is 0 Å². The van der Waals surface area contributed by atoms with Gasteiger partial charge in [-0.15, -0.1) is 0 Å². The second kappa shape index (κ2) is 13.9. The van der Waals surface area contributed by atoms with Gasteiger partial charge in [-0.2, -0.15) is 0 Å². The first-order valence-corrected chi connectivity index (χ1v) is 12.9. The smallest absolute Gasteiger partial charge is 0.179 e. The van der Waals surface area contributed by atoms with E-state index in [4.69, 9.17) is 5.11 Å². The first-order chi connectivity index (χ1) is 17.6. The summed E-state index contributed by atoms with van der Waals surface area (Å²) < 4.78 is 0. The number of benzene rings is 2. The molecule has 0 spiro atoms. The van der Waals surface area contributed by atoms with Crippen LogP contribution in [-0.2, 0) is 12.8 Å². The van der Waals surface area contributed by atoms with E-state index in [2.05, 4.69) is 0 Å². The zero-order chi connectivity index (χ0) is 27.8. The van der Waals surface area contributed by atoms with Crippen molar-refractivity contribution in [1.29, 1.82) is 0 Å². The minimum absolute atomic E-state index is 0.148. The summed E-state index contributed by atoms with van der Waals surface area (Å²) in [5, 5.41) is 61.6. The number of hydrogen-bond acceptors (Lipinski definition) is 8. The molecule has 2 aromatic rings. The Labute approximate surface area is 218 Å². The van der Waals surface area contributed by atoms with Crippen molar-refractivity contribution in [2.45, 2.75) is 83.4 Å². The summed E-state index contributed by atoms with van der Waals surface area (Å²) in [6.07, 6.45) is -7.13. The molecule has 0 amide bonds. The third-order valence-corrected chi connectivity index (χ3v) is 6.99. The van der Waals surface area contributed by atoms with Crippen molar-refractivity contribution in [2.75, 3.05) is 6.61 Å². The molecule has 204 valence electrons. The van der Waals surface area contributed by atoms with Gasteiger partial charge < -0.3 is 30.6 Å². The number of aryl methyl sites for hydroxylation is 2. The van der Waals surface area contributed by atoms with Gasteiger partial charge in [0.15, 0.2) is 11.6 Å². The van der Waals surface area contributed by atoms with E-state index in [1.807, 2.05) is 13.8 Å². The zero-order valence-electron chi connectivity index (χ0n) is 21.7. The average molecular weight is 517 g/mol. The molecular formula is C29H40O8. The molecule has 0 heterocycles. The Kier molecular flexibility index (Phi) is 11.6. The van der Waals surface area contributed by atoms with Crippen molar-refractivity contribution in [3.05, 3.63) is 70.8 Å². The summed E-state index contributed by atoms with van der Waals surface area (Å²) in [5.41, 5.74) is 0.0823. The number of hydrogen-bond donors (Lipinski definition) is 6. The van der Waals surface area contributed by atoms with Crippen LogP contribution in [0.3, 0.4) is 0 Å². The highest BCUT2D eigenvalue weighted by Crippen LogP contribution is 2.38. The largest absolute Gasteiger partial charge is 0.394 e. The van der Waals surface area contributed by atoms with Crippen LogP contribution in [0.15, 0.2) is 48.5 Å². The van der Waals surface area contributed by atoms with Crippen molar-refractivity contribution >= 4 is 11.6 Å². The number of carbonyl (C=O) groups excluding carboxylic acids is 2. The molecule has 37 heavy (non-hydrogen) atoms. The number of carbonyl (C=O) groups is 2. The number of ketones is 2. The molecule has 2 aromatic carbocycles. The van der Waals surface area contributed by atoms with Gasteiger partial charge in [-0.05, 0) is 30.4 Å². The third kappa shape index (κ3) is 6.71. The second-order valence-corrected chi connectivity index (χ2v) is 9.54. The lowest BCUT2D eigenvalue weighted by molar-refractivity contribution is -0.152. The van der Waals surface area contributed by atoms with Crippen LogP contribution < -0.4 is 0 Å². The lowest BCUT2D eigenvalue weighted by Crippen LogP contribution is -2.59. The maximum absolute atomic E-state index is 14.0. The van der Waals surface area contributed by atoms with E-state index in [1.54, 1.807) is 48.5 Å². The fraction of sp³-hybridized carbons (Fsp3) is 0.517. The van der Waals surface area contributed by atoms with Crippen LogP contribution in [0.4, 0.5) is 0 Å². The van der Waals surface area contributed by atoms with E-state index in [1.165, 1.54) is 6.92 Å². The Balaban J connectivity index is 2.59. The van der Waals surface area contributed by atoms with Crippen molar-refractivity contribution in [3.63, 3.8) is 0 Å². The maximum Gasteiger partial charge on any atom is 0.179 e. The number of aliphatic hydroxyl groups excluding tert-OH is 6. The molecule has 0 bridgehead atoms. The van der Waals surface area contributed by atoms with Crippen LogP contribution >= 0.6 is 0 Å². The monoisotopic (exact) mass is 516 g/mol. The Morgan fingerprint density at radius 1 is 0.676 bits per heavy atom. The summed E-state index contributed by atoms with van der Waals surface area (Å²) in [6, 6.07) is 13.3. The van der Waals surface area contributed by atoms with Gasteiger partial charge in [-0.25, -0.2) is 0 Å². The minimum atomic E-state index is -2.21. The van der Waals surface area contributed by atoms with Gasteiger partial charge in [0.1, 0.15) is 35.9 Å². The number of rotatable bonds is 15. The lowest BCUT2D eigenvalue weighted by Gasteiger charge is -2.39. The van der Waals surface area contributed by atoms with Crippen molar-refractivity contribution < 1.29 is 40.2 Å². The predicted molar refractivity (Wildman–Crippen MR) is 139 cm³/mol. The topological polar surface area (TPSA) is 156 Å². The van der Waals surface area contributed by atoms with Gasteiger partial charge >= 0.3 is 0 Å². The van der Waals surface area contributed by atoms with E-state index in [9.17, 15) is 35.1 Å². The van der Waals surface area contributed by atoms with Crippen molar-refractivity contribution in [1.82, 2.24) is 0 Å². The Morgan fingerprint density at radius 2 is 1.08 bits per heavy atom. The highest BCUT2D eigenvalue weighted by atomic mass is 16.4. The van der Waals surface area contributed by atoms with Crippen LogP contribution in [0.2, 0.25) is 0 Å². The molecule has 0 aliphatic heterocycles. The SMILES string of the molecule is CCCc1ccc(C(=O)C(CC)(C(=O)c2ccc(CCC)cc2)C(O)[C@@H](O)[C@@H](O)[C@H](O)[C@@H](O)CO)cc1. The molecule has 0 saturated heterocycles. The molecule has 1 unspecified atom stereocenters. The van der Waals surface area contributed by atoms with E-state index in [0.29, 0.717) is 0 Å².